The maximum atomic E-state index is 13.0. The summed E-state index contributed by atoms with van der Waals surface area (Å²) >= 11 is 0. The Labute approximate surface area is 175 Å². The highest BCUT2D eigenvalue weighted by atomic mass is 16.2. The van der Waals surface area contributed by atoms with E-state index in [2.05, 4.69) is 29.0 Å². The molecule has 4 aromatic rings. The minimum atomic E-state index is -0.469. The lowest BCUT2D eigenvalue weighted by atomic mass is 10.1. The molecule has 0 aliphatic heterocycles. The third-order valence-corrected chi connectivity index (χ3v) is 5.59. The lowest BCUT2D eigenvalue weighted by Crippen LogP contribution is -2.29. The molecule has 0 radical (unpaired) electrons. The van der Waals surface area contributed by atoms with Gasteiger partial charge < -0.3 is 15.2 Å². The Morgan fingerprint density at radius 3 is 2.60 bits per heavy atom. The monoisotopic (exact) mass is 402 g/mol. The SMILES string of the molecule is CCN(CC)CCc1ccc2[nH]c(=O)n(C(=O)Nc3cccc4ccccc34)c2c1. The number of anilines is 1. The lowest BCUT2D eigenvalue weighted by Gasteiger charge is -2.17. The summed E-state index contributed by atoms with van der Waals surface area (Å²) in [6.07, 6.45) is 0.863. The van der Waals surface area contributed by atoms with E-state index in [0.717, 1.165) is 42.4 Å². The van der Waals surface area contributed by atoms with Crippen LogP contribution in [0.25, 0.3) is 21.8 Å². The molecule has 1 heterocycles. The average molecular weight is 402 g/mol. The van der Waals surface area contributed by atoms with Crippen LogP contribution in [0.3, 0.4) is 0 Å². The fraction of sp³-hybridized carbons (Fsp3) is 0.250. The number of amides is 1. The first-order chi connectivity index (χ1) is 14.6. The predicted molar refractivity (Wildman–Crippen MR) is 122 cm³/mol. The summed E-state index contributed by atoms with van der Waals surface area (Å²) < 4.78 is 1.18. The summed E-state index contributed by atoms with van der Waals surface area (Å²) in [7, 11) is 0. The summed E-state index contributed by atoms with van der Waals surface area (Å²) in [5.41, 5.74) is 2.58. The zero-order chi connectivity index (χ0) is 21.1. The van der Waals surface area contributed by atoms with E-state index in [1.807, 2.05) is 60.7 Å². The quantitative estimate of drug-likeness (QED) is 0.501. The number of rotatable bonds is 6. The van der Waals surface area contributed by atoms with E-state index in [0.29, 0.717) is 16.7 Å². The van der Waals surface area contributed by atoms with Gasteiger partial charge in [0.25, 0.3) is 0 Å². The van der Waals surface area contributed by atoms with Crippen molar-refractivity contribution in [3.63, 3.8) is 0 Å². The Balaban J connectivity index is 1.65. The van der Waals surface area contributed by atoms with Crippen LogP contribution in [0, 0.1) is 0 Å². The Hall–Kier alpha value is -3.38. The van der Waals surface area contributed by atoms with Gasteiger partial charge in [0, 0.05) is 11.9 Å². The fourth-order valence-corrected chi connectivity index (χ4v) is 3.84. The number of fused-ring (bicyclic) bond motifs is 2. The normalized spacial score (nSPS) is 11.4. The van der Waals surface area contributed by atoms with Crippen LogP contribution in [0.1, 0.15) is 19.4 Å². The first kappa shape index (κ1) is 19.9. The molecule has 0 aliphatic rings. The topological polar surface area (TPSA) is 70.1 Å². The van der Waals surface area contributed by atoms with Gasteiger partial charge in [0.2, 0.25) is 0 Å². The Kier molecular flexibility index (Phi) is 5.68. The average Bonchev–Trinajstić information content (AvgIpc) is 3.10. The van der Waals surface area contributed by atoms with Crippen molar-refractivity contribution in [2.75, 3.05) is 25.0 Å². The van der Waals surface area contributed by atoms with Gasteiger partial charge in [-0.3, -0.25) is 0 Å². The van der Waals surface area contributed by atoms with E-state index < -0.39 is 11.7 Å². The standard InChI is InChI=1S/C24H26N4O2/c1-3-27(4-2)15-14-17-12-13-21-22(16-17)28(24(30)26-21)23(29)25-20-11-7-9-18-8-5-6-10-19(18)20/h5-13,16H,3-4,14-15H2,1-2H3,(H,25,29)(H,26,30). The van der Waals surface area contributed by atoms with Crippen molar-refractivity contribution in [1.82, 2.24) is 14.5 Å². The van der Waals surface area contributed by atoms with Crippen molar-refractivity contribution in [2.45, 2.75) is 20.3 Å². The molecule has 3 aromatic carbocycles. The highest BCUT2D eigenvalue weighted by molar-refractivity contribution is 6.04. The van der Waals surface area contributed by atoms with Crippen molar-refractivity contribution in [3.05, 3.63) is 76.7 Å². The second-order valence-corrected chi connectivity index (χ2v) is 7.35. The van der Waals surface area contributed by atoms with Gasteiger partial charge >= 0.3 is 11.7 Å². The third-order valence-electron chi connectivity index (χ3n) is 5.59. The largest absolute Gasteiger partial charge is 0.334 e. The number of H-pyrrole nitrogens is 1. The number of hydrogen-bond acceptors (Lipinski definition) is 3. The van der Waals surface area contributed by atoms with Crippen LogP contribution >= 0.6 is 0 Å². The zero-order valence-electron chi connectivity index (χ0n) is 17.3. The number of carbonyl (C=O) groups is 1. The van der Waals surface area contributed by atoms with Gasteiger partial charge in [0.05, 0.1) is 16.7 Å². The number of likely N-dealkylation sites (N-methyl/N-ethyl adjacent to an activating group) is 1. The molecule has 0 aliphatic carbocycles. The maximum Gasteiger partial charge on any atom is 0.334 e. The van der Waals surface area contributed by atoms with Crippen LogP contribution in [0.5, 0.6) is 0 Å². The molecule has 0 fully saturated rings. The molecule has 0 atom stereocenters. The zero-order valence-corrected chi connectivity index (χ0v) is 17.3. The van der Waals surface area contributed by atoms with E-state index in [9.17, 15) is 9.59 Å². The second kappa shape index (κ2) is 8.55. The third kappa shape index (κ3) is 3.86. The molecule has 154 valence electrons. The molecule has 1 amide bonds. The molecule has 0 saturated heterocycles. The smallest absolute Gasteiger partial charge is 0.306 e. The molecule has 2 N–H and O–H groups in total. The molecular formula is C24H26N4O2. The van der Waals surface area contributed by atoms with Crippen molar-refractivity contribution in [3.8, 4) is 0 Å². The predicted octanol–water partition coefficient (Wildman–Crippen LogP) is 4.45. The van der Waals surface area contributed by atoms with Crippen LogP contribution in [0.15, 0.2) is 65.5 Å². The molecule has 0 bridgehead atoms. The maximum absolute atomic E-state index is 13.0. The van der Waals surface area contributed by atoms with E-state index in [4.69, 9.17) is 0 Å². The Morgan fingerprint density at radius 2 is 1.80 bits per heavy atom. The van der Waals surface area contributed by atoms with Gasteiger partial charge in [0.1, 0.15) is 0 Å². The van der Waals surface area contributed by atoms with Crippen LogP contribution in [0.4, 0.5) is 10.5 Å². The number of imidazole rings is 1. The van der Waals surface area contributed by atoms with Gasteiger partial charge in [-0.1, -0.05) is 56.3 Å². The first-order valence-electron chi connectivity index (χ1n) is 10.4. The first-order valence-corrected chi connectivity index (χ1v) is 10.4. The van der Waals surface area contributed by atoms with Crippen LogP contribution in [-0.4, -0.2) is 40.1 Å². The molecule has 6 heteroatoms. The Bertz CT molecular complexity index is 1250. The van der Waals surface area contributed by atoms with Crippen LogP contribution in [-0.2, 0) is 6.42 Å². The van der Waals surface area contributed by atoms with E-state index in [1.54, 1.807) is 0 Å². The Morgan fingerprint density at radius 1 is 1.03 bits per heavy atom. The van der Waals surface area contributed by atoms with E-state index in [1.165, 1.54) is 4.57 Å². The molecule has 6 nitrogen and oxygen atoms in total. The highest BCUT2D eigenvalue weighted by Crippen LogP contribution is 2.23. The van der Waals surface area contributed by atoms with Gasteiger partial charge in [0.15, 0.2) is 0 Å². The number of nitrogens with one attached hydrogen (secondary N) is 2. The second-order valence-electron chi connectivity index (χ2n) is 7.35. The summed E-state index contributed by atoms with van der Waals surface area (Å²) in [6.45, 7) is 7.24. The molecule has 4 rings (SSSR count). The number of nitrogens with zero attached hydrogens (tertiary/aromatic N) is 2. The summed E-state index contributed by atoms with van der Waals surface area (Å²) in [4.78, 5) is 30.7. The summed E-state index contributed by atoms with van der Waals surface area (Å²) in [5, 5.41) is 4.86. The molecule has 0 unspecified atom stereocenters. The highest BCUT2D eigenvalue weighted by Gasteiger charge is 2.16. The molecule has 0 spiro atoms. The van der Waals surface area contributed by atoms with Crippen LogP contribution < -0.4 is 11.0 Å². The van der Waals surface area contributed by atoms with Crippen LogP contribution in [0.2, 0.25) is 0 Å². The molecular weight excluding hydrogens is 376 g/mol. The number of aromatic amines is 1. The van der Waals surface area contributed by atoms with Crippen molar-refractivity contribution in [1.29, 1.82) is 0 Å². The number of carbonyl (C=O) groups excluding carboxylic acids is 1. The number of aromatic nitrogens is 2. The number of hydrogen-bond donors (Lipinski definition) is 2. The van der Waals surface area contributed by atoms with Crippen molar-refractivity contribution in [2.24, 2.45) is 0 Å². The minimum Gasteiger partial charge on any atom is -0.306 e. The van der Waals surface area contributed by atoms with Crippen molar-refractivity contribution >= 4 is 33.5 Å². The van der Waals surface area contributed by atoms with Gasteiger partial charge in [-0.2, -0.15) is 0 Å². The van der Waals surface area contributed by atoms with E-state index in [-0.39, 0.29) is 0 Å². The van der Waals surface area contributed by atoms with Gasteiger partial charge in [-0.05, 0) is 48.7 Å². The van der Waals surface area contributed by atoms with E-state index >= 15 is 0 Å². The molecule has 0 saturated carbocycles. The molecule has 1 aromatic heterocycles. The number of benzene rings is 3. The van der Waals surface area contributed by atoms with Gasteiger partial charge in [-0.15, -0.1) is 0 Å². The van der Waals surface area contributed by atoms with Crippen molar-refractivity contribution < 1.29 is 4.79 Å². The molecule has 30 heavy (non-hydrogen) atoms. The summed E-state index contributed by atoms with van der Waals surface area (Å²) in [6, 6.07) is 18.9. The minimum absolute atomic E-state index is 0.441. The van der Waals surface area contributed by atoms with Gasteiger partial charge in [-0.25, -0.2) is 14.2 Å². The lowest BCUT2D eigenvalue weighted by molar-refractivity contribution is 0.253. The summed E-state index contributed by atoms with van der Waals surface area (Å²) in [5.74, 6) is 0. The fourth-order valence-electron chi connectivity index (χ4n) is 3.84.